The molecule has 0 saturated heterocycles. The Labute approximate surface area is 142 Å². The van der Waals surface area contributed by atoms with Crippen molar-refractivity contribution in [1.29, 1.82) is 0 Å². The molecule has 4 saturated carbocycles. The number of nitrogens with one attached hydrogen (secondary N) is 2. The van der Waals surface area contributed by atoms with Gasteiger partial charge in [0.1, 0.15) is 0 Å². The van der Waals surface area contributed by atoms with Gasteiger partial charge in [0.25, 0.3) is 0 Å². The maximum absolute atomic E-state index is 12.9. The van der Waals surface area contributed by atoms with Crippen LogP contribution in [0.15, 0.2) is 24.5 Å². The molecule has 1 aromatic heterocycles. The third-order valence-electron chi connectivity index (χ3n) is 5.95. The van der Waals surface area contributed by atoms with Gasteiger partial charge in [-0.1, -0.05) is 0 Å². The van der Waals surface area contributed by atoms with Crippen molar-refractivity contribution in [2.75, 3.05) is 0 Å². The van der Waals surface area contributed by atoms with E-state index in [0.29, 0.717) is 11.7 Å². The number of nitrogens with zero attached hydrogens (tertiary/aromatic N) is 1. The summed E-state index contributed by atoms with van der Waals surface area (Å²) in [4.78, 5) is 16.9. The Balaban J connectivity index is 1.35. The smallest absolute Gasteiger partial charge is 0.232 e. The Morgan fingerprint density at radius 2 is 1.70 bits per heavy atom. The minimum Gasteiger partial charge on any atom is -0.358 e. The summed E-state index contributed by atoms with van der Waals surface area (Å²) in [7, 11) is 0. The molecule has 4 bridgehead atoms. The monoisotopic (exact) mass is 329 g/mol. The first-order chi connectivity index (χ1) is 11.1. The van der Waals surface area contributed by atoms with Gasteiger partial charge in [0, 0.05) is 18.9 Å². The lowest BCUT2D eigenvalue weighted by molar-refractivity contribution is -0.144. The maximum Gasteiger partial charge on any atom is 0.232 e. The Morgan fingerprint density at radius 3 is 2.26 bits per heavy atom. The molecule has 0 radical (unpaired) electrons. The minimum atomic E-state index is -0.142. The zero-order valence-corrected chi connectivity index (χ0v) is 14.1. The highest BCUT2D eigenvalue weighted by Gasteiger charge is 2.54. The number of thiocarbonyl (C=S) groups is 1. The normalized spacial score (nSPS) is 34.2. The number of pyridine rings is 1. The lowest BCUT2D eigenvalue weighted by Crippen LogP contribution is -2.55. The number of hydrogen-bond acceptors (Lipinski definition) is 3. The van der Waals surface area contributed by atoms with Gasteiger partial charge in [0.05, 0.1) is 5.41 Å². The first kappa shape index (κ1) is 15.1. The summed E-state index contributed by atoms with van der Waals surface area (Å²) >= 11 is 5.33. The van der Waals surface area contributed by atoms with Crippen molar-refractivity contribution in [3.63, 3.8) is 0 Å². The van der Waals surface area contributed by atoms with E-state index in [2.05, 4.69) is 15.6 Å². The van der Waals surface area contributed by atoms with E-state index in [1.807, 2.05) is 12.1 Å². The zero-order chi connectivity index (χ0) is 15.9. The summed E-state index contributed by atoms with van der Waals surface area (Å²) < 4.78 is 0. The fourth-order valence-corrected chi connectivity index (χ4v) is 5.52. The van der Waals surface area contributed by atoms with Gasteiger partial charge in [-0.05, 0) is 86.2 Å². The molecule has 5 rings (SSSR count). The Bertz CT molecular complexity index is 581. The van der Waals surface area contributed by atoms with Crippen molar-refractivity contribution in [3.8, 4) is 0 Å². The van der Waals surface area contributed by atoms with E-state index in [-0.39, 0.29) is 11.3 Å². The molecule has 4 nitrogen and oxygen atoms in total. The van der Waals surface area contributed by atoms with Gasteiger partial charge in [0.15, 0.2) is 5.11 Å². The fourth-order valence-electron chi connectivity index (χ4n) is 5.35. The summed E-state index contributed by atoms with van der Waals surface area (Å²) in [5.41, 5.74) is 0.961. The number of aromatic nitrogens is 1. The lowest BCUT2D eigenvalue weighted by atomic mass is 9.49. The van der Waals surface area contributed by atoms with Gasteiger partial charge in [0.2, 0.25) is 5.91 Å². The molecule has 0 atom stereocenters. The van der Waals surface area contributed by atoms with E-state index in [4.69, 9.17) is 12.2 Å². The SMILES string of the molecule is O=C(NC(=S)NCc1ccncc1)C12CC3CC(CC(C3)C1)C2. The van der Waals surface area contributed by atoms with Crippen LogP contribution < -0.4 is 10.6 Å². The van der Waals surface area contributed by atoms with Gasteiger partial charge in [-0.3, -0.25) is 9.78 Å². The van der Waals surface area contributed by atoms with Gasteiger partial charge in [-0.25, -0.2) is 0 Å². The quantitative estimate of drug-likeness (QED) is 0.837. The largest absolute Gasteiger partial charge is 0.358 e. The fraction of sp³-hybridized carbons (Fsp3) is 0.611. The number of carbonyl (C=O) groups excluding carboxylic acids is 1. The van der Waals surface area contributed by atoms with Gasteiger partial charge in [-0.2, -0.15) is 0 Å². The summed E-state index contributed by atoms with van der Waals surface area (Å²) in [6.45, 7) is 0.614. The highest BCUT2D eigenvalue weighted by atomic mass is 32.1. The molecular weight excluding hydrogens is 306 g/mol. The summed E-state index contributed by atoms with van der Waals surface area (Å²) in [6.07, 6.45) is 10.8. The first-order valence-electron chi connectivity index (χ1n) is 8.61. The predicted octanol–water partition coefficient (Wildman–Crippen LogP) is 2.79. The second-order valence-corrected chi connectivity index (χ2v) is 8.10. The molecule has 122 valence electrons. The average molecular weight is 329 g/mol. The first-order valence-corrected chi connectivity index (χ1v) is 9.02. The standard InChI is InChI=1S/C18H23N3OS/c22-16(21-17(23)20-11-12-1-3-19-4-2-12)18-8-13-5-14(9-18)7-15(6-13)10-18/h1-4,13-15H,5-11H2,(H2,20,21,22,23). The maximum atomic E-state index is 12.9. The van der Waals surface area contributed by atoms with Crippen LogP contribution in [0.25, 0.3) is 0 Å². The van der Waals surface area contributed by atoms with Crippen LogP contribution in [-0.2, 0) is 11.3 Å². The topological polar surface area (TPSA) is 54.0 Å². The van der Waals surface area contributed by atoms with Crippen molar-refractivity contribution in [2.45, 2.75) is 45.1 Å². The van der Waals surface area contributed by atoms with E-state index in [9.17, 15) is 4.79 Å². The molecule has 4 aliphatic rings. The van der Waals surface area contributed by atoms with Crippen LogP contribution in [0.2, 0.25) is 0 Å². The summed E-state index contributed by atoms with van der Waals surface area (Å²) in [5, 5.41) is 6.55. The van der Waals surface area contributed by atoms with Gasteiger partial charge < -0.3 is 10.6 Å². The van der Waals surface area contributed by atoms with Crippen LogP contribution in [0.4, 0.5) is 0 Å². The molecule has 4 aliphatic carbocycles. The Morgan fingerprint density at radius 1 is 1.13 bits per heavy atom. The highest BCUT2D eigenvalue weighted by Crippen LogP contribution is 2.60. The average Bonchev–Trinajstić information content (AvgIpc) is 2.52. The predicted molar refractivity (Wildman–Crippen MR) is 92.4 cm³/mol. The molecule has 23 heavy (non-hydrogen) atoms. The second kappa shape index (κ2) is 5.86. The van der Waals surface area contributed by atoms with Crippen molar-refractivity contribution >= 4 is 23.2 Å². The zero-order valence-electron chi connectivity index (χ0n) is 13.3. The Kier molecular flexibility index (Phi) is 3.84. The minimum absolute atomic E-state index is 0.142. The van der Waals surface area contributed by atoms with Crippen LogP contribution >= 0.6 is 12.2 Å². The highest BCUT2D eigenvalue weighted by molar-refractivity contribution is 7.80. The van der Waals surface area contributed by atoms with Crippen LogP contribution in [-0.4, -0.2) is 16.0 Å². The third-order valence-corrected chi connectivity index (χ3v) is 6.20. The number of carbonyl (C=O) groups is 1. The van der Waals surface area contributed by atoms with E-state index in [1.165, 1.54) is 19.3 Å². The van der Waals surface area contributed by atoms with E-state index in [0.717, 1.165) is 42.6 Å². The van der Waals surface area contributed by atoms with Crippen LogP contribution in [0.3, 0.4) is 0 Å². The van der Waals surface area contributed by atoms with Crippen LogP contribution in [0.1, 0.15) is 44.1 Å². The molecule has 1 heterocycles. The van der Waals surface area contributed by atoms with Crippen molar-refractivity contribution < 1.29 is 4.79 Å². The van der Waals surface area contributed by atoms with Crippen LogP contribution in [0.5, 0.6) is 0 Å². The van der Waals surface area contributed by atoms with Gasteiger partial charge in [-0.15, -0.1) is 0 Å². The molecule has 0 aliphatic heterocycles. The Hall–Kier alpha value is -1.49. The number of amides is 1. The summed E-state index contributed by atoms with van der Waals surface area (Å²) in [6, 6.07) is 3.88. The van der Waals surface area contributed by atoms with Crippen molar-refractivity contribution in [2.24, 2.45) is 23.2 Å². The lowest BCUT2D eigenvalue weighted by Gasteiger charge is -2.55. The molecule has 0 aromatic carbocycles. The number of rotatable bonds is 3. The van der Waals surface area contributed by atoms with Gasteiger partial charge >= 0.3 is 0 Å². The van der Waals surface area contributed by atoms with Crippen LogP contribution in [0, 0.1) is 23.2 Å². The van der Waals surface area contributed by atoms with E-state index in [1.54, 1.807) is 12.4 Å². The molecule has 0 spiro atoms. The summed E-state index contributed by atoms with van der Waals surface area (Å²) in [5.74, 6) is 2.46. The molecule has 0 unspecified atom stereocenters. The molecule has 5 heteroatoms. The van der Waals surface area contributed by atoms with Crippen molar-refractivity contribution in [1.82, 2.24) is 15.6 Å². The van der Waals surface area contributed by atoms with E-state index < -0.39 is 0 Å². The van der Waals surface area contributed by atoms with E-state index >= 15 is 0 Å². The second-order valence-electron chi connectivity index (χ2n) is 7.69. The molecule has 2 N–H and O–H groups in total. The molecule has 4 fully saturated rings. The van der Waals surface area contributed by atoms with Crippen molar-refractivity contribution in [3.05, 3.63) is 30.1 Å². The molecule has 1 aromatic rings. The molecule has 1 amide bonds. The number of hydrogen-bond donors (Lipinski definition) is 2. The third kappa shape index (κ3) is 2.99. The molecular formula is C18H23N3OS.